The molecule has 1 aromatic heterocycles. The molecule has 0 aliphatic heterocycles. The van der Waals surface area contributed by atoms with Gasteiger partial charge in [-0.15, -0.1) is 0 Å². The standard InChI is InChI=1S/C11H18N4O/c1-2-16-11(6-4-3-5-7-11)9-13-8-14-10(12)15-9/h8H,2-7H2,1H3,(H2,12,13,14,15). The van der Waals surface area contributed by atoms with E-state index in [1.165, 1.54) is 12.7 Å². The molecular weight excluding hydrogens is 204 g/mol. The fraction of sp³-hybridized carbons (Fsp3) is 0.727. The Kier molecular flexibility index (Phi) is 3.33. The lowest BCUT2D eigenvalue weighted by Gasteiger charge is -2.35. The fourth-order valence-electron chi connectivity index (χ4n) is 2.36. The molecule has 1 saturated carbocycles. The monoisotopic (exact) mass is 222 g/mol. The molecule has 5 nitrogen and oxygen atoms in total. The number of rotatable bonds is 3. The summed E-state index contributed by atoms with van der Waals surface area (Å²) in [7, 11) is 0. The average molecular weight is 222 g/mol. The van der Waals surface area contributed by atoms with Crippen LogP contribution in [0.15, 0.2) is 6.33 Å². The van der Waals surface area contributed by atoms with Crippen molar-refractivity contribution in [3.63, 3.8) is 0 Å². The molecular formula is C11H18N4O. The van der Waals surface area contributed by atoms with E-state index >= 15 is 0 Å². The fourth-order valence-corrected chi connectivity index (χ4v) is 2.36. The molecule has 0 spiro atoms. The summed E-state index contributed by atoms with van der Waals surface area (Å²) < 4.78 is 5.90. The van der Waals surface area contributed by atoms with Crippen LogP contribution in [0.4, 0.5) is 5.95 Å². The molecule has 2 N–H and O–H groups in total. The zero-order valence-corrected chi connectivity index (χ0v) is 9.65. The van der Waals surface area contributed by atoms with Crippen LogP contribution in [-0.4, -0.2) is 21.6 Å². The van der Waals surface area contributed by atoms with Crippen LogP contribution in [-0.2, 0) is 10.3 Å². The van der Waals surface area contributed by atoms with Crippen molar-refractivity contribution in [2.75, 3.05) is 12.3 Å². The smallest absolute Gasteiger partial charge is 0.223 e. The maximum absolute atomic E-state index is 5.90. The average Bonchev–Trinajstić information content (AvgIpc) is 2.31. The summed E-state index contributed by atoms with van der Waals surface area (Å²) in [6.07, 6.45) is 6.99. The number of ether oxygens (including phenoxy) is 1. The van der Waals surface area contributed by atoms with Gasteiger partial charge < -0.3 is 10.5 Å². The van der Waals surface area contributed by atoms with E-state index in [1.54, 1.807) is 0 Å². The van der Waals surface area contributed by atoms with E-state index in [9.17, 15) is 0 Å². The van der Waals surface area contributed by atoms with Crippen molar-refractivity contribution in [2.24, 2.45) is 0 Å². The van der Waals surface area contributed by atoms with Gasteiger partial charge >= 0.3 is 0 Å². The first-order valence-electron chi connectivity index (χ1n) is 5.86. The maximum atomic E-state index is 5.90. The van der Waals surface area contributed by atoms with Gasteiger partial charge in [0.2, 0.25) is 5.95 Å². The molecule has 0 aromatic carbocycles. The Labute approximate surface area is 95.5 Å². The first-order chi connectivity index (χ1) is 7.77. The second-order valence-corrected chi connectivity index (χ2v) is 4.16. The molecule has 0 unspecified atom stereocenters. The van der Waals surface area contributed by atoms with E-state index in [2.05, 4.69) is 15.0 Å². The molecule has 2 rings (SSSR count). The summed E-state index contributed by atoms with van der Waals surface area (Å²) in [5, 5.41) is 0. The van der Waals surface area contributed by atoms with Crippen molar-refractivity contribution in [1.82, 2.24) is 15.0 Å². The number of nitrogens with two attached hydrogens (primary N) is 1. The van der Waals surface area contributed by atoms with Gasteiger partial charge in [-0.3, -0.25) is 0 Å². The number of aromatic nitrogens is 3. The number of nitrogen functional groups attached to an aromatic ring is 1. The molecule has 1 fully saturated rings. The number of anilines is 1. The molecule has 0 amide bonds. The highest BCUT2D eigenvalue weighted by Gasteiger charge is 2.37. The summed E-state index contributed by atoms with van der Waals surface area (Å²) in [5.74, 6) is 0.969. The molecule has 0 radical (unpaired) electrons. The van der Waals surface area contributed by atoms with Gasteiger partial charge in [0.25, 0.3) is 0 Å². The van der Waals surface area contributed by atoms with Crippen LogP contribution in [0.3, 0.4) is 0 Å². The van der Waals surface area contributed by atoms with E-state index in [1.807, 2.05) is 6.92 Å². The third kappa shape index (κ3) is 2.14. The van der Waals surface area contributed by atoms with Gasteiger partial charge in [-0.05, 0) is 19.8 Å². The van der Waals surface area contributed by atoms with Gasteiger partial charge in [0.1, 0.15) is 11.9 Å². The minimum atomic E-state index is -0.329. The summed E-state index contributed by atoms with van der Waals surface area (Å²) in [4.78, 5) is 12.3. The minimum Gasteiger partial charge on any atom is -0.368 e. The Hall–Kier alpha value is -1.23. The normalized spacial score (nSPS) is 19.6. The molecule has 16 heavy (non-hydrogen) atoms. The molecule has 1 aliphatic carbocycles. The molecule has 1 aromatic rings. The van der Waals surface area contributed by atoms with Crippen LogP contribution < -0.4 is 5.73 Å². The van der Waals surface area contributed by atoms with Crippen LogP contribution >= 0.6 is 0 Å². The Bertz CT molecular complexity index is 344. The van der Waals surface area contributed by atoms with Crippen LogP contribution in [0.25, 0.3) is 0 Å². The van der Waals surface area contributed by atoms with E-state index in [-0.39, 0.29) is 11.5 Å². The number of nitrogens with zero attached hydrogens (tertiary/aromatic N) is 3. The van der Waals surface area contributed by atoms with Crippen LogP contribution in [0.5, 0.6) is 0 Å². The van der Waals surface area contributed by atoms with Crippen LogP contribution in [0, 0.1) is 0 Å². The Morgan fingerprint density at radius 3 is 2.69 bits per heavy atom. The SMILES string of the molecule is CCOC1(c2ncnc(N)n2)CCCCC1. The van der Waals surface area contributed by atoms with Gasteiger partial charge in [0, 0.05) is 6.61 Å². The van der Waals surface area contributed by atoms with Crippen LogP contribution in [0.1, 0.15) is 44.9 Å². The van der Waals surface area contributed by atoms with Gasteiger partial charge in [-0.25, -0.2) is 9.97 Å². The summed E-state index contributed by atoms with van der Waals surface area (Å²) in [6, 6.07) is 0. The number of hydrogen-bond acceptors (Lipinski definition) is 5. The second kappa shape index (κ2) is 4.74. The largest absolute Gasteiger partial charge is 0.368 e. The van der Waals surface area contributed by atoms with Gasteiger partial charge in [-0.1, -0.05) is 19.3 Å². The molecule has 5 heteroatoms. The molecule has 0 bridgehead atoms. The van der Waals surface area contributed by atoms with Crippen molar-refractivity contribution < 1.29 is 4.74 Å². The third-order valence-electron chi connectivity index (χ3n) is 3.08. The zero-order valence-electron chi connectivity index (χ0n) is 9.65. The highest BCUT2D eigenvalue weighted by Crippen LogP contribution is 2.38. The predicted octanol–water partition coefficient (Wildman–Crippen LogP) is 1.65. The molecule has 0 atom stereocenters. The Morgan fingerprint density at radius 2 is 2.06 bits per heavy atom. The van der Waals surface area contributed by atoms with E-state index in [4.69, 9.17) is 10.5 Å². The van der Waals surface area contributed by atoms with E-state index in [0.717, 1.165) is 25.7 Å². The lowest BCUT2D eigenvalue weighted by molar-refractivity contribution is -0.0767. The maximum Gasteiger partial charge on any atom is 0.223 e. The van der Waals surface area contributed by atoms with Gasteiger partial charge in [-0.2, -0.15) is 4.98 Å². The third-order valence-corrected chi connectivity index (χ3v) is 3.08. The van der Waals surface area contributed by atoms with Crippen molar-refractivity contribution in [3.8, 4) is 0 Å². The lowest BCUT2D eigenvalue weighted by atomic mass is 9.84. The quantitative estimate of drug-likeness (QED) is 0.841. The predicted molar refractivity (Wildman–Crippen MR) is 60.6 cm³/mol. The molecule has 1 heterocycles. The first-order valence-corrected chi connectivity index (χ1v) is 5.86. The highest BCUT2D eigenvalue weighted by atomic mass is 16.5. The number of hydrogen-bond donors (Lipinski definition) is 1. The van der Waals surface area contributed by atoms with Crippen molar-refractivity contribution in [2.45, 2.75) is 44.6 Å². The highest BCUT2D eigenvalue weighted by molar-refractivity contribution is 5.16. The Morgan fingerprint density at radius 1 is 1.31 bits per heavy atom. The van der Waals surface area contributed by atoms with Crippen molar-refractivity contribution in [3.05, 3.63) is 12.2 Å². The molecule has 0 saturated heterocycles. The van der Waals surface area contributed by atoms with E-state index < -0.39 is 0 Å². The Balaban J connectivity index is 2.30. The summed E-state index contributed by atoms with van der Waals surface area (Å²) in [6.45, 7) is 2.67. The minimum absolute atomic E-state index is 0.273. The molecule has 1 aliphatic rings. The van der Waals surface area contributed by atoms with Gasteiger partial charge in [0.15, 0.2) is 5.82 Å². The topological polar surface area (TPSA) is 73.9 Å². The van der Waals surface area contributed by atoms with Crippen molar-refractivity contribution in [1.29, 1.82) is 0 Å². The summed E-state index contributed by atoms with van der Waals surface area (Å²) >= 11 is 0. The lowest BCUT2D eigenvalue weighted by Crippen LogP contribution is -2.34. The van der Waals surface area contributed by atoms with Gasteiger partial charge in [0.05, 0.1) is 0 Å². The van der Waals surface area contributed by atoms with Crippen LogP contribution in [0.2, 0.25) is 0 Å². The zero-order chi connectivity index (χ0) is 11.4. The first kappa shape index (κ1) is 11.3. The summed E-state index contributed by atoms with van der Waals surface area (Å²) in [5.41, 5.74) is 5.27. The van der Waals surface area contributed by atoms with E-state index in [0.29, 0.717) is 12.4 Å². The molecule has 88 valence electrons. The second-order valence-electron chi connectivity index (χ2n) is 4.16. The van der Waals surface area contributed by atoms with Crippen molar-refractivity contribution >= 4 is 5.95 Å².